The summed E-state index contributed by atoms with van der Waals surface area (Å²) in [5.74, 6) is 3.76. The molecule has 4 heteroatoms. The molecule has 4 nitrogen and oxygen atoms in total. The third kappa shape index (κ3) is 2.23. The monoisotopic (exact) mass is 235 g/mol. The number of nitrogens with zero attached hydrogens (tertiary/aromatic N) is 2. The summed E-state index contributed by atoms with van der Waals surface area (Å²) in [6.45, 7) is 0.353. The van der Waals surface area contributed by atoms with Gasteiger partial charge in [0.05, 0.1) is 6.54 Å². The molecule has 3 atom stereocenters. The van der Waals surface area contributed by atoms with Crippen LogP contribution in [0.5, 0.6) is 0 Å². The molecule has 2 N–H and O–H groups in total. The fourth-order valence-electron chi connectivity index (χ4n) is 3.61. The zero-order chi connectivity index (χ0) is 11.7. The second-order valence-electron chi connectivity index (χ2n) is 5.55. The van der Waals surface area contributed by atoms with E-state index in [1.807, 2.05) is 0 Å². The molecule has 94 valence electrons. The van der Waals surface area contributed by atoms with E-state index in [1.54, 1.807) is 0 Å². The van der Waals surface area contributed by atoms with Gasteiger partial charge in [0.25, 0.3) is 0 Å². The van der Waals surface area contributed by atoms with Crippen molar-refractivity contribution in [2.24, 2.45) is 17.6 Å². The highest BCUT2D eigenvalue weighted by Gasteiger charge is 2.34. The summed E-state index contributed by atoms with van der Waals surface area (Å²) in [4.78, 5) is 0. The van der Waals surface area contributed by atoms with E-state index in [0.717, 1.165) is 17.7 Å². The lowest BCUT2D eigenvalue weighted by molar-refractivity contribution is 0.145. The van der Waals surface area contributed by atoms with Crippen LogP contribution >= 0.6 is 0 Å². The number of rotatable bonds is 2. The highest BCUT2D eigenvalue weighted by atomic mass is 16.4. The van der Waals surface area contributed by atoms with Gasteiger partial charge in [-0.05, 0) is 31.1 Å². The van der Waals surface area contributed by atoms with Crippen LogP contribution in [0, 0.1) is 11.8 Å². The van der Waals surface area contributed by atoms with Crippen LogP contribution in [-0.4, -0.2) is 10.2 Å². The molecule has 1 aromatic rings. The summed E-state index contributed by atoms with van der Waals surface area (Å²) < 4.78 is 5.60. The third-order valence-electron chi connectivity index (χ3n) is 4.55. The van der Waals surface area contributed by atoms with Gasteiger partial charge in [0.1, 0.15) is 0 Å². The van der Waals surface area contributed by atoms with Crippen molar-refractivity contribution in [3.63, 3.8) is 0 Å². The van der Waals surface area contributed by atoms with Crippen LogP contribution in [0.1, 0.15) is 62.6 Å². The zero-order valence-corrected chi connectivity index (χ0v) is 10.3. The van der Waals surface area contributed by atoms with E-state index in [1.165, 1.54) is 44.9 Å². The Hall–Kier alpha value is -0.900. The number of hydrogen-bond donors (Lipinski definition) is 1. The summed E-state index contributed by atoms with van der Waals surface area (Å²) in [5, 5.41) is 8.12. The van der Waals surface area contributed by atoms with Gasteiger partial charge >= 0.3 is 0 Å². The Kier molecular flexibility index (Phi) is 3.14. The highest BCUT2D eigenvalue weighted by Crippen LogP contribution is 2.45. The van der Waals surface area contributed by atoms with Gasteiger partial charge < -0.3 is 10.2 Å². The average Bonchev–Trinajstić information content (AvgIpc) is 2.87. The van der Waals surface area contributed by atoms with Crippen molar-refractivity contribution in [3.8, 4) is 0 Å². The lowest BCUT2D eigenvalue weighted by atomic mass is 9.67. The molecule has 17 heavy (non-hydrogen) atoms. The van der Waals surface area contributed by atoms with Crippen molar-refractivity contribution < 1.29 is 4.42 Å². The molecule has 2 aliphatic rings. The molecule has 3 unspecified atom stereocenters. The minimum absolute atomic E-state index is 0.353. The molecule has 1 heterocycles. The average molecular weight is 235 g/mol. The van der Waals surface area contributed by atoms with Gasteiger partial charge in [-0.3, -0.25) is 0 Å². The molecule has 2 aliphatic carbocycles. The maximum Gasteiger partial charge on any atom is 0.230 e. The lowest BCUT2D eigenvalue weighted by Crippen LogP contribution is -2.26. The van der Waals surface area contributed by atoms with Crippen LogP contribution in [0.25, 0.3) is 0 Å². The predicted molar refractivity (Wildman–Crippen MR) is 64.2 cm³/mol. The number of hydrogen-bond acceptors (Lipinski definition) is 4. The molecule has 1 aromatic heterocycles. The second kappa shape index (κ2) is 4.77. The van der Waals surface area contributed by atoms with E-state index in [-0.39, 0.29) is 0 Å². The van der Waals surface area contributed by atoms with Gasteiger partial charge in [-0.2, -0.15) is 0 Å². The van der Waals surface area contributed by atoms with Crippen LogP contribution in [0.3, 0.4) is 0 Å². The standard InChI is InChI=1S/C13H21N3O/c14-8-12-15-16-13(17-12)11-6-5-9-3-1-2-4-10(9)7-11/h9-11H,1-8,14H2. The molecular weight excluding hydrogens is 214 g/mol. The Morgan fingerprint density at radius 2 is 1.88 bits per heavy atom. The van der Waals surface area contributed by atoms with E-state index >= 15 is 0 Å². The van der Waals surface area contributed by atoms with Crippen LogP contribution in [-0.2, 0) is 6.54 Å². The van der Waals surface area contributed by atoms with Gasteiger partial charge in [-0.15, -0.1) is 10.2 Å². The molecule has 0 bridgehead atoms. The Bertz CT molecular complexity index is 376. The van der Waals surface area contributed by atoms with E-state index in [9.17, 15) is 0 Å². The van der Waals surface area contributed by atoms with E-state index < -0.39 is 0 Å². The Balaban J connectivity index is 1.68. The first-order chi connectivity index (χ1) is 8.36. The van der Waals surface area contributed by atoms with Crippen molar-refractivity contribution in [2.45, 2.75) is 57.4 Å². The topological polar surface area (TPSA) is 64.9 Å². The molecule has 2 fully saturated rings. The fraction of sp³-hybridized carbons (Fsp3) is 0.846. The van der Waals surface area contributed by atoms with Crippen LogP contribution in [0.2, 0.25) is 0 Å². The van der Waals surface area contributed by atoms with Crippen molar-refractivity contribution in [1.82, 2.24) is 10.2 Å². The summed E-state index contributed by atoms with van der Waals surface area (Å²) >= 11 is 0. The van der Waals surface area contributed by atoms with Crippen LogP contribution in [0.4, 0.5) is 0 Å². The third-order valence-corrected chi connectivity index (χ3v) is 4.55. The molecule has 0 amide bonds. The largest absolute Gasteiger partial charge is 0.424 e. The Morgan fingerprint density at radius 3 is 2.65 bits per heavy atom. The molecule has 2 saturated carbocycles. The van der Waals surface area contributed by atoms with Crippen molar-refractivity contribution in [2.75, 3.05) is 0 Å². The first-order valence-electron chi connectivity index (χ1n) is 6.89. The molecule has 0 spiro atoms. The molecule has 0 aromatic carbocycles. The molecular formula is C13H21N3O. The minimum atomic E-state index is 0.353. The highest BCUT2D eigenvalue weighted by molar-refractivity contribution is 4.97. The van der Waals surface area contributed by atoms with E-state index in [4.69, 9.17) is 10.2 Å². The zero-order valence-electron chi connectivity index (χ0n) is 10.3. The fourth-order valence-corrected chi connectivity index (χ4v) is 3.61. The maximum atomic E-state index is 5.60. The quantitative estimate of drug-likeness (QED) is 0.855. The van der Waals surface area contributed by atoms with Gasteiger partial charge in [-0.1, -0.05) is 25.7 Å². The number of nitrogens with two attached hydrogens (primary N) is 1. The Labute approximate surface area is 102 Å². The van der Waals surface area contributed by atoms with Gasteiger partial charge in [0.2, 0.25) is 11.8 Å². The van der Waals surface area contributed by atoms with Crippen molar-refractivity contribution in [3.05, 3.63) is 11.8 Å². The molecule has 0 aliphatic heterocycles. The lowest BCUT2D eigenvalue weighted by Gasteiger charge is -2.38. The SMILES string of the molecule is NCc1nnc(C2CCC3CCCCC3C2)o1. The number of aromatic nitrogens is 2. The van der Waals surface area contributed by atoms with Crippen molar-refractivity contribution in [1.29, 1.82) is 0 Å². The van der Waals surface area contributed by atoms with Gasteiger partial charge in [0.15, 0.2) is 0 Å². The van der Waals surface area contributed by atoms with Crippen molar-refractivity contribution >= 4 is 0 Å². The van der Waals surface area contributed by atoms with Crippen LogP contribution < -0.4 is 5.73 Å². The maximum absolute atomic E-state index is 5.60. The van der Waals surface area contributed by atoms with Crippen LogP contribution in [0.15, 0.2) is 4.42 Å². The normalized spacial score (nSPS) is 33.4. The molecule has 0 saturated heterocycles. The van der Waals surface area contributed by atoms with Gasteiger partial charge in [0, 0.05) is 5.92 Å². The summed E-state index contributed by atoms with van der Waals surface area (Å²) in [6.07, 6.45) is 9.49. The summed E-state index contributed by atoms with van der Waals surface area (Å²) in [5.41, 5.74) is 5.50. The molecule has 0 radical (unpaired) electrons. The summed E-state index contributed by atoms with van der Waals surface area (Å²) in [6, 6.07) is 0. The Morgan fingerprint density at radius 1 is 1.06 bits per heavy atom. The minimum Gasteiger partial charge on any atom is -0.424 e. The predicted octanol–water partition coefficient (Wildman–Crippen LogP) is 2.60. The number of fused-ring (bicyclic) bond motifs is 1. The molecule has 3 rings (SSSR count). The van der Waals surface area contributed by atoms with Gasteiger partial charge in [-0.25, -0.2) is 0 Å². The first-order valence-corrected chi connectivity index (χ1v) is 6.89. The second-order valence-corrected chi connectivity index (χ2v) is 5.55. The van der Waals surface area contributed by atoms with E-state index in [0.29, 0.717) is 18.4 Å². The van der Waals surface area contributed by atoms with E-state index in [2.05, 4.69) is 10.2 Å². The summed E-state index contributed by atoms with van der Waals surface area (Å²) in [7, 11) is 0. The smallest absolute Gasteiger partial charge is 0.230 e. The first kappa shape index (κ1) is 11.2.